The second-order valence-corrected chi connectivity index (χ2v) is 7.09. The van der Waals surface area contributed by atoms with Crippen LogP contribution in [0.25, 0.3) is 11.9 Å². The van der Waals surface area contributed by atoms with Crippen LogP contribution in [0.2, 0.25) is 0 Å². The van der Waals surface area contributed by atoms with Crippen LogP contribution in [-0.2, 0) is 4.79 Å². The highest BCUT2D eigenvalue weighted by molar-refractivity contribution is 6.02. The lowest BCUT2D eigenvalue weighted by Crippen LogP contribution is -2.07. The standard InChI is InChI=1S/C25H23N5O5/c1-32-20-15-17(16-21(33-2)25(20)34-3)5-11-23(31)27-18-6-8-19(9-7-18)35-24-12-10-22(28-29-24)30-14-4-13-26-30/h4-16H,1-3H3,(H,27,31)/b11-5+. The maximum atomic E-state index is 12.4. The second kappa shape index (κ2) is 10.8. The Morgan fingerprint density at radius 1 is 0.943 bits per heavy atom. The molecular weight excluding hydrogens is 450 g/mol. The van der Waals surface area contributed by atoms with E-state index in [1.165, 1.54) is 27.4 Å². The minimum Gasteiger partial charge on any atom is -0.493 e. The highest BCUT2D eigenvalue weighted by Crippen LogP contribution is 2.38. The molecule has 4 aromatic rings. The van der Waals surface area contributed by atoms with E-state index in [9.17, 15) is 4.79 Å². The van der Waals surface area contributed by atoms with Crippen LogP contribution in [0.4, 0.5) is 5.69 Å². The van der Waals surface area contributed by atoms with Crippen molar-refractivity contribution in [3.8, 4) is 34.7 Å². The summed E-state index contributed by atoms with van der Waals surface area (Å²) in [6, 6.07) is 15.7. The zero-order valence-corrected chi connectivity index (χ0v) is 19.3. The summed E-state index contributed by atoms with van der Waals surface area (Å²) in [7, 11) is 4.60. The first-order chi connectivity index (χ1) is 17.1. The fourth-order valence-corrected chi connectivity index (χ4v) is 3.17. The number of amides is 1. The first-order valence-electron chi connectivity index (χ1n) is 10.5. The van der Waals surface area contributed by atoms with Gasteiger partial charge in [-0.3, -0.25) is 4.79 Å². The van der Waals surface area contributed by atoms with E-state index < -0.39 is 0 Å². The Balaban J connectivity index is 1.36. The van der Waals surface area contributed by atoms with Crippen LogP contribution in [0, 0.1) is 0 Å². The third kappa shape index (κ3) is 5.74. The van der Waals surface area contributed by atoms with Gasteiger partial charge in [-0.2, -0.15) is 5.10 Å². The number of carbonyl (C=O) groups excluding carboxylic acids is 1. The number of methoxy groups -OCH3 is 3. The van der Waals surface area contributed by atoms with E-state index in [0.717, 1.165) is 5.56 Å². The van der Waals surface area contributed by atoms with E-state index in [1.807, 2.05) is 0 Å². The summed E-state index contributed by atoms with van der Waals surface area (Å²) in [6.07, 6.45) is 6.51. The molecule has 0 saturated heterocycles. The van der Waals surface area contributed by atoms with Gasteiger partial charge in [-0.25, -0.2) is 4.68 Å². The van der Waals surface area contributed by atoms with E-state index in [0.29, 0.717) is 40.4 Å². The normalized spacial score (nSPS) is 10.7. The Labute approximate surface area is 201 Å². The van der Waals surface area contributed by atoms with Crippen molar-refractivity contribution in [1.82, 2.24) is 20.0 Å². The molecule has 10 heteroatoms. The molecule has 0 bridgehead atoms. The Morgan fingerprint density at radius 3 is 2.26 bits per heavy atom. The van der Waals surface area contributed by atoms with Crippen molar-refractivity contribution < 1.29 is 23.7 Å². The molecule has 0 aliphatic rings. The van der Waals surface area contributed by atoms with Gasteiger partial charge in [0.15, 0.2) is 17.3 Å². The van der Waals surface area contributed by atoms with Crippen molar-refractivity contribution in [2.24, 2.45) is 0 Å². The molecule has 178 valence electrons. The molecule has 2 aromatic heterocycles. The predicted molar refractivity (Wildman–Crippen MR) is 129 cm³/mol. The molecule has 0 fully saturated rings. The minimum absolute atomic E-state index is 0.299. The van der Waals surface area contributed by atoms with Gasteiger partial charge in [-0.05, 0) is 60.2 Å². The molecule has 0 saturated carbocycles. The van der Waals surface area contributed by atoms with Crippen LogP contribution in [-0.4, -0.2) is 47.2 Å². The molecule has 1 N–H and O–H groups in total. The summed E-state index contributed by atoms with van der Waals surface area (Å²) in [5, 5.41) is 15.0. The van der Waals surface area contributed by atoms with Crippen molar-refractivity contribution in [2.75, 3.05) is 26.6 Å². The van der Waals surface area contributed by atoms with E-state index in [1.54, 1.807) is 77.7 Å². The molecule has 0 aliphatic carbocycles. The van der Waals surface area contributed by atoms with Crippen molar-refractivity contribution in [3.63, 3.8) is 0 Å². The van der Waals surface area contributed by atoms with Crippen LogP contribution >= 0.6 is 0 Å². The van der Waals surface area contributed by atoms with Gasteiger partial charge >= 0.3 is 0 Å². The van der Waals surface area contributed by atoms with Crippen molar-refractivity contribution >= 4 is 17.7 Å². The summed E-state index contributed by atoms with van der Waals surface area (Å²) >= 11 is 0. The molecule has 2 aromatic carbocycles. The van der Waals surface area contributed by atoms with E-state index >= 15 is 0 Å². The molecule has 0 spiro atoms. The minimum atomic E-state index is -0.299. The summed E-state index contributed by atoms with van der Waals surface area (Å²) in [4.78, 5) is 12.4. The lowest BCUT2D eigenvalue weighted by Gasteiger charge is -2.12. The van der Waals surface area contributed by atoms with E-state index in [2.05, 4.69) is 20.6 Å². The van der Waals surface area contributed by atoms with Gasteiger partial charge in [0.25, 0.3) is 0 Å². The van der Waals surface area contributed by atoms with Crippen LogP contribution in [0.3, 0.4) is 0 Å². The number of hydrogen-bond donors (Lipinski definition) is 1. The van der Waals surface area contributed by atoms with Gasteiger partial charge in [0, 0.05) is 30.2 Å². The number of ether oxygens (including phenoxy) is 4. The van der Waals surface area contributed by atoms with Gasteiger partial charge in [-0.15, -0.1) is 10.2 Å². The maximum Gasteiger partial charge on any atom is 0.248 e. The SMILES string of the molecule is COc1cc(/C=C/C(=O)Nc2ccc(Oc3ccc(-n4cccn4)nn3)cc2)cc(OC)c1OC. The van der Waals surface area contributed by atoms with Gasteiger partial charge in [-0.1, -0.05) is 0 Å². The third-order valence-corrected chi connectivity index (χ3v) is 4.82. The molecule has 0 unspecified atom stereocenters. The smallest absolute Gasteiger partial charge is 0.248 e. The second-order valence-electron chi connectivity index (χ2n) is 7.09. The molecule has 0 radical (unpaired) electrons. The fourth-order valence-electron chi connectivity index (χ4n) is 3.17. The number of aromatic nitrogens is 4. The Kier molecular flexibility index (Phi) is 7.22. The van der Waals surface area contributed by atoms with Crippen LogP contribution in [0.5, 0.6) is 28.9 Å². The number of nitrogens with zero attached hydrogens (tertiary/aromatic N) is 4. The zero-order valence-electron chi connectivity index (χ0n) is 19.3. The number of rotatable bonds is 9. The fraction of sp³-hybridized carbons (Fsp3) is 0.120. The predicted octanol–water partition coefficient (Wildman–Crippen LogP) is 4.13. The molecular formula is C25H23N5O5. The Hall–Kier alpha value is -4.86. The zero-order chi connectivity index (χ0) is 24.6. The molecule has 2 heterocycles. The molecule has 4 rings (SSSR count). The summed E-state index contributed by atoms with van der Waals surface area (Å²) < 4.78 is 23.3. The number of hydrogen-bond acceptors (Lipinski definition) is 8. The van der Waals surface area contributed by atoms with Gasteiger partial charge in [0.05, 0.1) is 21.3 Å². The molecule has 0 aliphatic heterocycles. The Morgan fingerprint density at radius 2 is 1.69 bits per heavy atom. The van der Waals surface area contributed by atoms with Crippen LogP contribution in [0.1, 0.15) is 5.56 Å². The monoisotopic (exact) mass is 473 g/mol. The average molecular weight is 473 g/mol. The topological polar surface area (TPSA) is 110 Å². The third-order valence-electron chi connectivity index (χ3n) is 4.82. The molecule has 1 amide bonds. The summed E-state index contributed by atoms with van der Waals surface area (Å²) in [5.41, 5.74) is 1.33. The van der Waals surface area contributed by atoms with Crippen molar-refractivity contribution in [3.05, 3.63) is 78.6 Å². The summed E-state index contributed by atoms with van der Waals surface area (Å²) in [6.45, 7) is 0. The van der Waals surface area contributed by atoms with Crippen molar-refractivity contribution in [2.45, 2.75) is 0 Å². The highest BCUT2D eigenvalue weighted by Gasteiger charge is 2.12. The largest absolute Gasteiger partial charge is 0.493 e. The maximum absolute atomic E-state index is 12.4. The van der Waals surface area contributed by atoms with Gasteiger partial charge in [0.2, 0.25) is 17.5 Å². The molecule has 0 atom stereocenters. The Bertz CT molecular complexity index is 1280. The summed E-state index contributed by atoms with van der Waals surface area (Å²) in [5.74, 6) is 2.67. The number of carbonyl (C=O) groups is 1. The van der Waals surface area contributed by atoms with Gasteiger partial charge in [0.1, 0.15) is 5.75 Å². The number of anilines is 1. The molecule has 10 nitrogen and oxygen atoms in total. The highest BCUT2D eigenvalue weighted by atomic mass is 16.5. The lowest BCUT2D eigenvalue weighted by atomic mass is 10.1. The first kappa shape index (κ1) is 23.3. The van der Waals surface area contributed by atoms with Crippen LogP contribution in [0.15, 0.2) is 73.1 Å². The quantitative estimate of drug-likeness (QED) is 0.361. The van der Waals surface area contributed by atoms with Crippen LogP contribution < -0.4 is 24.3 Å². The van der Waals surface area contributed by atoms with E-state index in [-0.39, 0.29) is 5.91 Å². The lowest BCUT2D eigenvalue weighted by molar-refractivity contribution is -0.111. The van der Waals surface area contributed by atoms with E-state index in [4.69, 9.17) is 18.9 Å². The first-order valence-corrected chi connectivity index (χ1v) is 10.5. The number of benzene rings is 2. The van der Waals surface area contributed by atoms with Gasteiger partial charge < -0.3 is 24.3 Å². The van der Waals surface area contributed by atoms with Crippen molar-refractivity contribution in [1.29, 1.82) is 0 Å². The molecule has 35 heavy (non-hydrogen) atoms. The number of nitrogens with one attached hydrogen (secondary N) is 1. The average Bonchev–Trinajstić information content (AvgIpc) is 3.43.